The first-order valence-corrected chi connectivity index (χ1v) is 7.23. The van der Waals surface area contributed by atoms with E-state index in [2.05, 4.69) is 5.32 Å². The van der Waals surface area contributed by atoms with Gasteiger partial charge < -0.3 is 19.6 Å². The summed E-state index contributed by atoms with van der Waals surface area (Å²) in [5, 5.41) is 13.9. The molecule has 1 saturated heterocycles. The Bertz CT molecular complexity index is 701. The smallest absolute Gasteiger partial charge is 0.336 e. The van der Waals surface area contributed by atoms with Crippen molar-refractivity contribution in [1.82, 2.24) is 5.32 Å². The van der Waals surface area contributed by atoms with E-state index < -0.39 is 5.63 Å². The molecule has 1 aromatic carbocycles. The van der Waals surface area contributed by atoms with Gasteiger partial charge in [-0.25, -0.2) is 4.79 Å². The molecule has 1 atom stereocenters. The van der Waals surface area contributed by atoms with Crippen molar-refractivity contribution in [3.63, 3.8) is 0 Å². The third kappa shape index (κ3) is 2.94. The van der Waals surface area contributed by atoms with E-state index in [1.165, 1.54) is 6.07 Å². The molecular formula is C16H19NO4. The predicted octanol–water partition coefficient (Wildman–Crippen LogP) is 2.08. The fraction of sp³-hybridized carbons (Fsp3) is 0.438. The van der Waals surface area contributed by atoms with Crippen molar-refractivity contribution < 1.29 is 14.3 Å². The first-order valence-electron chi connectivity index (χ1n) is 7.23. The second kappa shape index (κ2) is 5.87. The Morgan fingerprint density at radius 1 is 1.43 bits per heavy atom. The molecule has 0 aliphatic carbocycles. The van der Waals surface area contributed by atoms with E-state index >= 15 is 0 Å². The van der Waals surface area contributed by atoms with Crippen LogP contribution in [0.25, 0.3) is 11.0 Å². The molecule has 5 nitrogen and oxygen atoms in total. The number of hydrogen-bond acceptors (Lipinski definition) is 5. The summed E-state index contributed by atoms with van der Waals surface area (Å²) >= 11 is 0. The highest BCUT2D eigenvalue weighted by Crippen LogP contribution is 2.27. The number of ether oxygens (including phenoxy) is 1. The van der Waals surface area contributed by atoms with E-state index in [1.54, 1.807) is 19.1 Å². The van der Waals surface area contributed by atoms with Gasteiger partial charge in [0.25, 0.3) is 0 Å². The molecule has 0 bridgehead atoms. The molecule has 5 heteroatoms. The Balaban J connectivity index is 1.84. The number of benzene rings is 1. The molecule has 0 spiro atoms. The summed E-state index contributed by atoms with van der Waals surface area (Å²) in [4.78, 5) is 11.7. The van der Waals surface area contributed by atoms with Crippen LogP contribution in [-0.4, -0.2) is 24.4 Å². The van der Waals surface area contributed by atoms with Crippen molar-refractivity contribution >= 4 is 11.0 Å². The minimum Gasteiger partial charge on any atom is -0.508 e. The number of rotatable bonds is 4. The topological polar surface area (TPSA) is 71.7 Å². The van der Waals surface area contributed by atoms with Crippen molar-refractivity contribution in [2.24, 2.45) is 0 Å². The molecule has 1 aromatic heterocycles. The zero-order valence-corrected chi connectivity index (χ0v) is 12.0. The van der Waals surface area contributed by atoms with Gasteiger partial charge in [0, 0.05) is 36.7 Å². The first-order chi connectivity index (χ1) is 10.1. The maximum absolute atomic E-state index is 11.7. The number of aromatic hydroxyl groups is 1. The number of hydrogen-bond donors (Lipinski definition) is 2. The maximum atomic E-state index is 11.7. The molecule has 2 N–H and O–H groups in total. The minimum absolute atomic E-state index is 0.134. The van der Waals surface area contributed by atoms with Crippen LogP contribution in [0, 0.1) is 6.92 Å². The monoisotopic (exact) mass is 289 g/mol. The lowest BCUT2D eigenvalue weighted by atomic mass is 10.1. The first kappa shape index (κ1) is 14.1. The van der Waals surface area contributed by atoms with Gasteiger partial charge in [-0.05, 0) is 37.5 Å². The van der Waals surface area contributed by atoms with E-state index in [0.717, 1.165) is 36.9 Å². The van der Waals surface area contributed by atoms with Crippen molar-refractivity contribution in [2.75, 3.05) is 13.2 Å². The number of phenolic OH excluding ortho intramolecular Hbond substituents is 1. The van der Waals surface area contributed by atoms with Crippen LogP contribution in [-0.2, 0) is 11.3 Å². The summed E-state index contributed by atoms with van der Waals surface area (Å²) < 4.78 is 10.8. The van der Waals surface area contributed by atoms with Gasteiger partial charge in [-0.3, -0.25) is 0 Å². The van der Waals surface area contributed by atoms with Crippen molar-refractivity contribution in [3.05, 3.63) is 39.7 Å². The second-order valence-corrected chi connectivity index (χ2v) is 5.44. The average Bonchev–Trinajstić information content (AvgIpc) is 2.96. The van der Waals surface area contributed by atoms with E-state index in [-0.39, 0.29) is 11.9 Å². The third-order valence-electron chi connectivity index (χ3n) is 3.93. The van der Waals surface area contributed by atoms with Gasteiger partial charge in [0.1, 0.15) is 11.3 Å². The minimum atomic E-state index is -0.398. The van der Waals surface area contributed by atoms with Crippen LogP contribution in [0.5, 0.6) is 5.75 Å². The van der Waals surface area contributed by atoms with Gasteiger partial charge >= 0.3 is 5.63 Å². The summed E-state index contributed by atoms with van der Waals surface area (Å²) in [5.41, 5.74) is 1.52. The Labute approximate surface area is 122 Å². The third-order valence-corrected chi connectivity index (χ3v) is 3.93. The molecular weight excluding hydrogens is 270 g/mol. The van der Waals surface area contributed by atoms with E-state index in [9.17, 15) is 9.90 Å². The van der Waals surface area contributed by atoms with Crippen molar-refractivity contribution in [3.8, 4) is 5.75 Å². The quantitative estimate of drug-likeness (QED) is 0.843. The van der Waals surface area contributed by atoms with E-state index in [1.807, 2.05) is 0 Å². The van der Waals surface area contributed by atoms with Crippen LogP contribution in [0.3, 0.4) is 0 Å². The van der Waals surface area contributed by atoms with E-state index in [0.29, 0.717) is 17.7 Å². The average molecular weight is 289 g/mol. The molecule has 0 radical (unpaired) electrons. The molecule has 2 aromatic rings. The molecule has 0 unspecified atom stereocenters. The van der Waals surface area contributed by atoms with Crippen LogP contribution >= 0.6 is 0 Å². The summed E-state index contributed by atoms with van der Waals surface area (Å²) in [7, 11) is 0. The number of nitrogens with one attached hydrogen (secondary N) is 1. The molecule has 3 rings (SSSR count). The van der Waals surface area contributed by atoms with Crippen LogP contribution in [0.4, 0.5) is 0 Å². The van der Waals surface area contributed by atoms with Crippen LogP contribution in [0.1, 0.15) is 24.0 Å². The van der Waals surface area contributed by atoms with Crippen LogP contribution in [0.2, 0.25) is 0 Å². The fourth-order valence-corrected chi connectivity index (χ4v) is 2.74. The molecule has 112 valence electrons. The predicted molar refractivity (Wildman–Crippen MR) is 79.6 cm³/mol. The largest absolute Gasteiger partial charge is 0.508 e. The summed E-state index contributed by atoms with van der Waals surface area (Å²) in [6, 6.07) is 4.91. The molecule has 0 amide bonds. The number of phenols is 1. The summed E-state index contributed by atoms with van der Waals surface area (Å²) in [6.45, 7) is 3.93. The normalized spacial score (nSPS) is 18.4. The van der Waals surface area contributed by atoms with E-state index in [4.69, 9.17) is 9.15 Å². The Morgan fingerprint density at radius 3 is 3.05 bits per heavy atom. The molecule has 0 saturated carbocycles. The zero-order chi connectivity index (χ0) is 14.8. The van der Waals surface area contributed by atoms with Gasteiger partial charge in [0.2, 0.25) is 0 Å². The van der Waals surface area contributed by atoms with Crippen molar-refractivity contribution in [2.45, 2.75) is 32.4 Å². The Hall–Kier alpha value is -1.85. The summed E-state index contributed by atoms with van der Waals surface area (Å²) in [6.07, 6.45) is 2.46. The van der Waals surface area contributed by atoms with Gasteiger partial charge in [-0.15, -0.1) is 0 Å². The second-order valence-electron chi connectivity index (χ2n) is 5.44. The SMILES string of the molecule is Cc1c(O)ccc2c(CNC[C@H]3CCCO3)cc(=O)oc12. The fourth-order valence-electron chi connectivity index (χ4n) is 2.74. The Kier molecular flexibility index (Phi) is 3.94. The number of fused-ring (bicyclic) bond motifs is 1. The van der Waals surface area contributed by atoms with Gasteiger partial charge in [0.15, 0.2) is 0 Å². The van der Waals surface area contributed by atoms with Gasteiger partial charge in [0.05, 0.1) is 6.10 Å². The lowest BCUT2D eigenvalue weighted by molar-refractivity contribution is 0.110. The van der Waals surface area contributed by atoms with Gasteiger partial charge in [-0.1, -0.05) is 0 Å². The zero-order valence-electron chi connectivity index (χ0n) is 12.0. The van der Waals surface area contributed by atoms with Crippen LogP contribution < -0.4 is 10.9 Å². The highest BCUT2D eigenvalue weighted by molar-refractivity contribution is 5.84. The molecule has 1 aliphatic rings. The molecule has 21 heavy (non-hydrogen) atoms. The summed E-state index contributed by atoms with van der Waals surface area (Å²) in [5.74, 6) is 0.134. The van der Waals surface area contributed by atoms with Gasteiger partial charge in [-0.2, -0.15) is 0 Å². The highest BCUT2D eigenvalue weighted by atomic mass is 16.5. The molecule has 2 heterocycles. The van der Waals surface area contributed by atoms with Crippen LogP contribution in [0.15, 0.2) is 27.4 Å². The lowest BCUT2D eigenvalue weighted by Gasteiger charge is -2.12. The van der Waals surface area contributed by atoms with Crippen molar-refractivity contribution in [1.29, 1.82) is 0 Å². The number of aryl methyl sites for hydroxylation is 1. The highest BCUT2D eigenvalue weighted by Gasteiger charge is 2.15. The molecule has 1 aliphatic heterocycles. The standard InChI is InChI=1S/C16H19NO4/c1-10-14(18)5-4-13-11(7-15(19)21-16(10)13)8-17-9-12-3-2-6-20-12/h4-5,7,12,17-18H,2-3,6,8-9H2,1H3/t12-/m1/s1. The Morgan fingerprint density at radius 2 is 2.29 bits per heavy atom. The lowest BCUT2D eigenvalue weighted by Crippen LogP contribution is -2.26. The maximum Gasteiger partial charge on any atom is 0.336 e. The molecule has 1 fully saturated rings.